The highest BCUT2D eigenvalue weighted by Gasteiger charge is 2.50. The summed E-state index contributed by atoms with van der Waals surface area (Å²) in [5, 5.41) is 15.5. The van der Waals surface area contributed by atoms with Gasteiger partial charge in [-0.3, -0.25) is 24.1 Å². The van der Waals surface area contributed by atoms with E-state index in [1.54, 1.807) is 29.8 Å². The molecule has 1 unspecified atom stereocenters. The highest BCUT2D eigenvalue weighted by molar-refractivity contribution is 7.81. The van der Waals surface area contributed by atoms with Gasteiger partial charge in [-0.05, 0) is 104 Å². The van der Waals surface area contributed by atoms with E-state index in [0.29, 0.717) is 69.2 Å². The molecule has 2 N–H and O–H groups in total. The van der Waals surface area contributed by atoms with Crippen LogP contribution in [0.15, 0.2) is 102 Å². The zero-order valence-corrected chi connectivity index (χ0v) is 39.7. The van der Waals surface area contributed by atoms with Gasteiger partial charge < -0.3 is 34.3 Å². The fraction of sp³-hybridized carbons (Fsp3) is 0.360. The van der Waals surface area contributed by atoms with Gasteiger partial charge in [0.2, 0.25) is 17.7 Å². The minimum Gasteiger partial charge on any atom is -0.494 e. The van der Waals surface area contributed by atoms with E-state index in [9.17, 15) is 24.4 Å². The normalized spacial score (nSPS) is 16.2. The third kappa shape index (κ3) is 11.1. The molecule has 15 nitrogen and oxygen atoms in total. The number of anilines is 2. The van der Waals surface area contributed by atoms with E-state index in [1.807, 2.05) is 99.6 Å². The Labute approximate surface area is 400 Å². The lowest BCUT2D eigenvalue weighted by atomic mass is 9.85. The van der Waals surface area contributed by atoms with E-state index < -0.39 is 28.9 Å². The van der Waals surface area contributed by atoms with Crippen molar-refractivity contribution >= 4 is 63.9 Å². The fourth-order valence-corrected chi connectivity index (χ4v) is 8.79. The minimum absolute atomic E-state index is 0.0666. The zero-order valence-electron chi connectivity index (χ0n) is 38.1. The molecule has 0 saturated carbocycles. The quantitative estimate of drug-likeness (QED) is 0.0681. The number of rotatable bonds is 17. The summed E-state index contributed by atoms with van der Waals surface area (Å²) in [6.07, 6.45) is 7.02. The molecule has 7 rings (SSSR count). The number of pyridine rings is 1. The summed E-state index contributed by atoms with van der Waals surface area (Å²) in [6.45, 7) is 10.6. The summed E-state index contributed by atoms with van der Waals surface area (Å²) in [4.78, 5) is 66.7. The largest absolute Gasteiger partial charge is 0.494 e. The first-order valence-corrected chi connectivity index (χ1v) is 22.9. The molecule has 3 aromatic carbocycles. The highest BCUT2D eigenvalue weighted by atomic mass is 35.5. The molecule has 2 saturated heterocycles. The topological polar surface area (TPSA) is 183 Å². The molecule has 2 aliphatic heterocycles. The van der Waals surface area contributed by atoms with Gasteiger partial charge in [0.15, 0.2) is 23.0 Å². The van der Waals surface area contributed by atoms with Crippen molar-refractivity contribution in [2.24, 2.45) is 5.41 Å². The van der Waals surface area contributed by atoms with Crippen LogP contribution in [-0.4, -0.2) is 87.6 Å². The van der Waals surface area contributed by atoms with E-state index in [1.165, 1.54) is 23.6 Å². The summed E-state index contributed by atoms with van der Waals surface area (Å²) in [7, 11) is 0. The van der Waals surface area contributed by atoms with Crippen LogP contribution in [0.3, 0.4) is 0 Å². The summed E-state index contributed by atoms with van der Waals surface area (Å²) in [5.41, 5.74) is 3.32. The number of halogens is 1. The Bertz CT molecular complexity index is 2630. The standard InChI is InChI=1S/C50H53ClN8O7S/c1-49(2,3)44(46(62)57-22-8-9-41(57)45(61)55-27-32-10-12-35(13-11-32)42-29-53-31-66-42)56-43(60)30-64-23-6-7-24-65-38-20-16-34(17-21-38)33-14-18-36(19-15-33)59-48(67)58(47(63)50(59,4)5)37-25-39(51)40(26-52)54-28-37/h10-21,25,28-29,31,41,44H,6-9,22-24,27,30H2,1-5H3,(H,55,61)(H,56,60)/t41-,44?/m0/s1. The van der Waals surface area contributed by atoms with E-state index in [2.05, 4.69) is 20.6 Å². The number of likely N-dealkylation sites (tertiary alicyclic amines) is 1. The molecular weight excluding hydrogens is 892 g/mol. The second kappa shape index (κ2) is 20.9. The number of nitrogens with one attached hydrogen (secondary N) is 2. The fourth-order valence-electron chi connectivity index (χ4n) is 8.07. The van der Waals surface area contributed by atoms with Crippen molar-refractivity contribution < 1.29 is 33.1 Å². The number of hydrogen-bond acceptors (Lipinski definition) is 11. The Kier molecular flexibility index (Phi) is 15.0. The number of thiocarbonyl (C=S) groups is 1. The first kappa shape index (κ1) is 48.3. The molecule has 2 aliphatic rings. The predicted molar refractivity (Wildman–Crippen MR) is 258 cm³/mol. The van der Waals surface area contributed by atoms with E-state index in [0.717, 1.165) is 27.9 Å². The summed E-state index contributed by atoms with van der Waals surface area (Å²) in [5.74, 6) is 0.206. The Hall–Kier alpha value is -6.67. The molecule has 2 atom stereocenters. The SMILES string of the molecule is CC(C)(C)C(NC(=O)COCCCCOc1ccc(-c2ccc(N3C(=S)N(c4cnc(C#N)c(Cl)c4)C(=O)C3(C)C)cc2)cc1)C(=O)N1CCC[C@H]1C(=O)NCc1ccc(-c2cnco2)cc1. The van der Waals surface area contributed by atoms with Gasteiger partial charge >= 0.3 is 0 Å². The van der Waals surface area contributed by atoms with E-state index >= 15 is 0 Å². The van der Waals surface area contributed by atoms with Crippen LogP contribution >= 0.6 is 23.8 Å². The maximum atomic E-state index is 13.9. The molecule has 4 amide bonds. The van der Waals surface area contributed by atoms with Gasteiger partial charge in [0.05, 0.1) is 29.7 Å². The lowest BCUT2D eigenvalue weighted by Crippen LogP contribution is -2.58. The van der Waals surface area contributed by atoms with Crippen molar-refractivity contribution in [3.8, 4) is 34.3 Å². The molecule has 2 fully saturated rings. The molecule has 67 heavy (non-hydrogen) atoms. The molecule has 0 radical (unpaired) electrons. The maximum Gasteiger partial charge on any atom is 0.259 e. The second-order valence-corrected chi connectivity index (χ2v) is 18.7. The smallest absolute Gasteiger partial charge is 0.259 e. The van der Waals surface area contributed by atoms with Gasteiger partial charge in [-0.1, -0.05) is 80.9 Å². The van der Waals surface area contributed by atoms with Gasteiger partial charge in [-0.15, -0.1) is 0 Å². The summed E-state index contributed by atoms with van der Waals surface area (Å²) < 4.78 is 17.0. The minimum atomic E-state index is -0.992. The Morgan fingerprint density at radius 1 is 0.970 bits per heavy atom. The number of nitriles is 1. The number of oxazole rings is 1. The Balaban J connectivity index is 0.822. The Morgan fingerprint density at radius 2 is 1.64 bits per heavy atom. The lowest BCUT2D eigenvalue weighted by molar-refractivity contribution is -0.144. The van der Waals surface area contributed by atoms with Gasteiger partial charge in [-0.2, -0.15) is 5.26 Å². The second-order valence-electron chi connectivity index (χ2n) is 18.0. The molecule has 17 heteroatoms. The monoisotopic (exact) mass is 944 g/mol. The highest BCUT2D eigenvalue weighted by Crippen LogP contribution is 2.38. The molecule has 4 heterocycles. The van der Waals surface area contributed by atoms with E-state index in [-0.39, 0.29) is 40.2 Å². The summed E-state index contributed by atoms with van der Waals surface area (Å²) >= 11 is 12.0. The number of aromatic nitrogens is 2. The maximum absolute atomic E-state index is 13.9. The van der Waals surface area contributed by atoms with Gasteiger partial charge in [0, 0.05) is 30.9 Å². The lowest BCUT2D eigenvalue weighted by Gasteiger charge is -2.35. The zero-order chi connectivity index (χ0) is 47.9. The van der Waals surface area contributed by atoms with Crippen LogP contribution in [0.5, 0.6) is 5.75 Å². The van der Waals surface area contributed by atoms with Crippen molar-refractivity contribution in [2.75, 3.05) is 36.2 Å². The predicted octanol–water partition coefficient (Wildman–Crippen LogP) is 7.86. The average Bonchev–Trinajstić information content (AvgIpc) is 4.07. The van der Waals surface area contributed by atoms with Gasteiger partial charge in [0.1, 0.15) is 36.0 Å². The molecule has 0 bridgehead atoms. The van der Waals surface area contributed by atoms with E-state index in [4.69, 9.17) is 37.7 Å². The van der Waals surface area contributed by atoms with Gasteiger partial charge in [0.25, 0.3) is 5.91 Å². The van der Waals surface area contributed by atoms with Crippen LogP contribution in [0.1, 0.15) is 71.6 Å². The Morgan fingerprint density at radius 3 is 2.28 bits per heavy atom. The first-order chi connectivity index (χ1) is 32.1. The van der Waals surface area contributed by atoms with Crippen molar-refractivity contribution in [2.45, 2.75) is 84.5 Å². The van der Waals surface area contributed by atoms with Crippen LogP contribution in [0, 0.1) is 16.7 Å². The third-order valence-corrected chi connectivity index (χ3v) is 12.4. The van der Waals surface area contributed by atoms with Gasteiger partial charge in [-0.25, -0.2) is 9.97 Å². The van der Waals surface area contributed by atoms with Crippen molar-refractivity contribution in [1.29, 1.82) is 5.26 Å². The van der Waals surface area contributed by atoms with Crippen LogP contribution in [0.2, 0.25) is 5.02 Å². The van der Waals surface area contributed by atoms with Crippen LogP contribution in [0.4, 0.5) is 11.4 Å². The number of hydrogen-bond donors (Lipinski definition) is 2. The number of nitrogens with zero attached hydrogens (tertiary/aromatic N) is 6. The van der Waals surface area contributed by atoms with Crippen molar-refractivity contribution in [3.05, 3.63) is 114 Å². The number of carbonyl (C=O) groups excluding carboxylic acids is 4. The van der Waals surface area contributed by atoms with Crippen molar-refractivity contribution in [1.82, 2.24) is 25.5 Å². The molecule has 0 spiro atoms. The third-order valence-electron chi connectivity index (χ3n) is 11.8. The van der Waals surface area contributed by atoms with Crippen LogP contribution < -0.4 is 25.2 Å². The first-order valence-electron chi connectivity index (χ1n) is 22.1. The van der Waals surface area contributed by atoms with Crippen LogP contribution in [0.25, 0.3) is 22.5 Å². The number of carbonyl (C=O) groups is 4. The number of ether oxygens (including phenoxy) is 2. The number of amides is 4. The number of unbranched alkanes of at least 4 members (excludes halogenated alkanes) is 1. The molecule has 0 aliphatic carbocycles. The molecule has 348 valence electrons. The average molecular weight is 946 g/mol. The molecule has 2 aromatic heterocycles. The molecule has 5 aromatic rings. The summed E-state index contributed by atoms with van der Waals surface area (Å²) in [6, 6.07) is 25.1. The number of benzene rings is 3. The molecular formula is C50H53ClN8O7S. The van der Waals surface area contributed by atoms with Crippen LogP contribution in [-0.2, 0) is 30.5 Å². The van der Waals surface area contributed by atoms with Crippen molar-refractivity contribution in [3.63, 3.8) is 0 Å².